The van der Waals surface area contributed by atoms with Gasteiger partial charge in [-0.05, 0) is 25.0 Å². The van der Waals surface area contributed by atoms with Crippen LogP contribution >= 0.6 is 0 Å². The molecular formula is C15H17NO4. The topological polar surface area (TPSA) is 72.6 Å². The van der Waals surface area contributed by atoms with Gasteiger partial charge < -0.3 is 19.1 Å². The second-order valence-electron chi connectivity index (χ2n) is 4.42. The Bertz CT molecular complexity index is 577. The van der Waals surface area contributed by atoms with Crippen LogP contribution in [0.25, 0.3) is 11.3 Å². The van der Waals surface area contributed by atoms with Crippen molar-refractivity contribution in [1.29, 1.82) is 0 Å². The molecule has 0 aliphatic rings. The molecule has 0 unspecified atom stereocenters. The van der Waals surface area contributed by atoms with Crippen LogP contribution in [-0.2, 0) is 11.2 Å². The van der Waals surface area contributed by atoms with Gasteiger partial charge in [0, 0.05) is 24.5 Å². The van der Waals surface area contributed by atoms with E-state index in [0.717, 1.165) is 19.1 Å². The highest BCUT2D eigenvalue weighted by atomic mass is 16.5. The van der Waals surface area contributed by atoms with Crippen LogP contribution in [0.5, 0.6) is 11.5 Å². The number of aryl methyl sites for hydroxylation is 1. The van der Waals surface area contributed by atoms with Crippen LogP contribution in [0.15, 0.2) is 28.9 Å². The molecule has 1 heterocycles. The van der Waals surface area contributed by atoms with E-state index < -0.39 is 0 Å². The van der Waals surface area contributed by atoms with Crippen LogP contribution in [0, 0.1) is 0 Å². The van der Waals surface area contributed by atoms with E-state index >= 15 is 0 Å². The third-order valence-corrected chi connectivity index (χ3v) is 3.00. The van der Waals surface area contributed by atoms with Crippen LogP contribution < -0.4 is 4.74 Å². The molecule has 0 atom stereocenters. The molecule has 0 fully saturated rings. The van der Waals surface area contributed by atoms with Crippen molar-refractivity contribution >= 4 is 6.29 Å². The van der Waals surface area contributed by atoms with Crippen LogP contribution in [0.2, 0.25) is 0 Å². The molecule has 0 spiro atoms. The number of aldehydes is 1. The summed E-state index contributed by atoms with van der Waals surface area (Å²) < 4.78 is 10.4. The highest BCUT2D eigenvalue weighted by molar-refractivity contribution is 5.67. The first-order chi connectivity index (χ1) is 9.74. The summed E-state index contributed by atoms with van der Waals surface area (Å²) in [5.41, 5.74) is 1.20. The molecule has 1 aromatic heterocycles. The summed E-state index contributed by atoms with van der Waals surface area (Å²) in [4.78, 5) is 14.6. The zero-order valence-corrected chi connectivity index (χ0v) is 11.3. The fourth-order valence-electron chi connectivity index (χ4n) is 1.91. The van der Waals surface area contributed by atoms with E-state index in [0.29, 0.717) is 35.7 Å². The predicted octanol–water partition coefficient (Wildman–Crippen LogP) is 2.97. The maximum Gasteiger partial charge on any atom is 0.194 e. The van der Waals surface area contributed by atoms with Gasteiger partial charge in [-0.2, -0.15) is 0 Å². The molecule has 2 aromatic rings. The van der Waals surface area contributed by atoms with Crippen molar-refractivity contribution in [1.82, 2.24) is 4.98 Å². The number of aromatic hydroxyl groups is 1. The fraction of sp³-hybridized carbons (Fsp3) is 0.333. The van der Waals surface area contributed by atoms with Crippen LogP contribution in [0.4, 0.5) is 0 Å². The van der Waals surface area contributed by atoms with Crippen molar-refractivity contribution in [2.75, 3.05) is 7.11 Å². The lowest BCUT2D eigenvalue weighted by molar-refractivity contribution is -0.107. The number of hydrogen-bond donors (Lipinski definition) is 1. The Hall–Kier alpha value is -2.30. The molecule has 5 nitrogen and oxygen atoms in total. The van der Waals surface area contributed by atoms with Crippen molar-refractivity contribution in [3.63, 3.8) is 0 Å². The van der Waals surface area contributed by atoms with Gasteiger partial charge in [0.05, 0.1) is 7.11 Å². The Morgan fingerprint density at radius 1 is 1.40 bits per heavy atom. The molecule has 0 aliphatic heterocycles. The molecule has 0 saturated heterocycles. The van der Waals surface area contributed by atoms with E-state index in [-0.39, 0.29) is 5.75 Å². The third kappa shape index (κ3) is 3.38. The number of carbonyl (C=O) groups excluding carboxylic acids is 1. The average Bonchev–Trinajstić information content (AvgIpc) is 2.92. The molecule has 2 rings (SSSR count). The third-order valence-electron chi connectivity index (χ3n) is 3.00. The molecule has 0 radical (unpaired) electrons. The van der Waals surface area contributed by atoms with Gasteiger partial charge in [-0.1, -0.05) is 0 Å². The van der Waals surface area contributed by atoms with Gasteiger partial charge in [0.15, 0.2) is 5.89 Å². The maximum absolute atomic E-state index is 10.2. The van der Waals surface area contributed by atoms with Crippen molar-refractivity contribution in [2.24, 2.45) is 0 Å². The van der Waals surface area contributed by atoms with Gasteiger partial charge in [0.25, 0.3) is 0 Å². The summed E-state index contributed by atoms with van der Waals surface area (Å²) in [6, 6.07) is 5.03. The molecule has 1 N–H and O–H groups in total. The van der Waals surface area contributed by atoms with E-state index in [2.05, 4.69) is 4.98 Å². The number of oxazole rings is 1. The van der Waals surface area contributed by atoms with E-state index in [1.54, 1.807) is 19.2 Å². The average molecular weight is 275 g/mol. The number of rotatable bonds is 7. The number of phenols is 1. The molecule has 0 amide bonds. The number of ether oxygens (including phenoxy) is 1. The second-order valence-corrected chi connectivity index (χ2v) is 4.42. The highest BCUT2D eigenvalue weighted by Gasteiger charge is 2.11. The highest BCUT2D eigenvalue weighted by Crippen LogP contribution is 2.31. The maximum atomic E-state index is 10.2. The molecule has 0 saturated carbocycles. The monoisotopic (exact) mass is 275 g/mol. The van der Waals surface area contributed by atoms with Gasteiger partial charge in [-0.3, -0.25) is 0 Å². The first-order valence-electron chi connectivity index (χ1n) is 6.50. The van der Waals surface area contributed by atoms with Crippen molar-refractivity contribution in [3.8, 4) is 22.8 Å². The van der Waals surface area contributed by atoms with Crippen molar-refractivity contribution < 1.29 is 19.1 Å². The summed E-state index contributed by atoms with van der Waals surface area (Å²) in [5, 5.41) is 9.93. The zero-order chi connectivity index (χ0) is 14.4. The summed E-state index contributed by atoms with van der Waals surface area (Å²) in [6.45, 7) is 0. The number of hydrogen-bond acceptors (Lipinski definition) is 5. The zero-order valence-electron chi connectivity index (χ0n) is 11.3. The Morgan fingerprint density at radius 3 is 2.95 bits per heavy atom. The lowest BCUT2D eigenvalue weighted by atomic mass is 10.1. The SMILES string of the molecule is COc1ccc(-c2coc(CCCCC=O)n2)c(O)c1. The van der Waals surface area contributed by atoms with Gasteiger partial charge in [-0.25, -0.2) is 4.98 Å². The summed E-state index contributed by atoms with van der Waals surface area (Å²) in [5.74, 6) is 1.30. The molecule has 5 heteroatoms. The van der Waals surface area contributed by atoms with Gasteiger partial charge in [0.2, 0.25) is 0 Å². The first kappa shape index (κ1) is 14.1. The van der Waals surface area contributed by atoms with E-state index in [4.69, 9.17) is 9.15 Å². The molecule has 20 heavy (non-hydrogen) atoms. The Labute approximate surface area is 117 Å². The summed E-state index contributed by atoms with van der Waals surface area (Å²) >= 11 is 0. The van der Waals surface area contributed by atoms with Crippen LogP contribution in [-0.4, -0.2) is 23.5 Å². The quantitative estimate of drug-likeness (QED) is 0.621. The number of phenolic OH excluding ortho intramolecular Hbond substituents is 1. The largest absolute Gasteiger partial charge is 0.507 e. The van der Waals surface area contributed by atoms with Crippen molar-refractivity contribution in [3.05, 3.63) is 30.4 Å². The minimum atomic E-state index is 0.102. The number of unbranched alkanes of at least 4 members (excludes halogenated alkanes) is 2. The second kappa shape index (κ2) is 6.75. The van der Waals surface area contributed by atoms with E-state index in [9.17, 15) is 9.90 Å². The number of carbonyl (C=O) groups is 1. The minimum Gasteiger partial charge on any atom is -0.507 e. The molecular weight excluding hydrogens is 258 g/mol. The lowest BCUT2D eigenvalue weighted by Crippen LogP contribution is -1.88. The molecule has 0 bridgehead atoms. The van der Waals surface area contributed by atoms with Gasteiger partial charge in [-0.15, -0.1) is 0 Å². The molecule has 106 valence electrons. The predicted molar refractivity (Wildman–Crippen MR) is 73.8 cm³/mol. The smallest absolute Gasteiger partial charge is 0.194 e. The van der Waals surface area contributed by atoms with Crippen molar-refractivity contribution in [2.45, 2.75) is 25.7 Å². The summed E-state index contributed by atoms with van der Waals surface area (Å²) in [7, 11) is 1.54. The number of nitrogens with zero attached hydrogens (tertiary/aromatic N) is 1. The molecule has 0 aliphatic carbocycles. The van der Waals surface area contributed by atoms with E-state index in [1.807, 2.05) is 0 Å². The lowest BCUT2D eigenvalue weighted by Gasteiger charge is -2.03. The normalized spacial score (nSPS) is 10.4. The number of aromatic nitrogens is 1. The standard InChI is InChI=1S/C15H17NO4/c1-19-11-6-7-12(14(18)9-11)13-10-20-15(16-13)5-3-2-4-8-17/h6-10,18H,2-5H2,1H3. The van der Waals surface area contributed by atoms with Gasteiger partial charge >= 0.3 is 0 Å². The van der Waals surface area contributed by atoms with E-state index in [1.165, 1.54) is 12.3 Å². The Kier molecular flexibility index (Phi) is 4.76. The van der Waals surface area contributed by atoms with Crippen LogP contribution in [0.1, 0.15) is 25.2 Å². The minimum absolute atomic E-state index is 0.102. The fourth-order valence-corrected chi connectivity index (χ4v) is 1.91. The number of benzene rings is 1. The summed E-state index contributed by atoms with van der Waals surface area (Å²) in [6.07, 6.45) is 5.37. The Balaban J connectivity index is 2.06. The molecule has 1 aromatic carbocycles. The van der Waals surface area contributed by atoms with Crippen LogP contribution in [0.3, 0.4) is 0 Å². The Morgan fingerprint density at radius 2 is 2.25 bits per heavy atom. The van der Waals surface area contributed by atoms with Gasteiger partial charge in [0.1, 0.15) is 29.7 Å². The first-order valence-corrected chi connectivity index (χ1v) is 6.50. The number of methoxy groups -OCH3 is 1.